The van der Waals surface area contributed by atoms with Crippen LogP contribution in [0.4, 0.5) is 5.82 Å². The second-order valence-electron chi connectivity index (χ2n) is 8.00. The summed E-state index contributed by atoms with van der Waals surface area (Å²) in [4.78, 5) is 30.3. The fourth-order valence-electron chi connectivity index (χ4n) is 4.17. The second-order valence-corrected chi connectivity index (χ2v) is 9.67. The first kappa shape index (κ1) is 24.5. The fraction of sp³-hybridized carbons (Fsp3) is 0.565. The van der Waals surface area contributed by atoms with Gasteiger partial charge in [-0.3, -0.25) is 19.1 Å². The average Bonchev–Trinajstić information content (AvgIpc) is 2.95. The summed E-state index contributed by atoms with van der Waals surface area (Å²) in [5.41, 5.74) is 1.17. The van der Waals surface area contributed by atoms with E-state index in [-0.39, 0.29) is 17.0 Å². The molecule has 0 spiro atoms. The first-order valence-corrected chi connectivity index (χ1v) is 12.3. The highest BCUT2D eigenvalue weighted by atomic mass is 32.2. The molecule has 0 unspecified atom stereocenters. The van der Waals surface area contributed by atoms with Gasteiger partial charge in [0.1, 0.15) is 21.8 Å². The topological polar surface area (TPSA) is 78.6 Å². The molecule has 2 fully saturated rings. The second kappa shape index (κ2) is 11.1. The van der Waals surface area contributed by atoms with Crippen LogP contribution in [0.2, 0.25) is 0 Å². The van der Waals surface area contributed by atoms with Gasteiger partial charge >= 0.3 is 0 Å². The number of anilines is 1. The Labute approximate surface area is 199 Å². The van der Waals surface area contributed by atoms with Crippen molar-refractivity contribution in [3.63, 3.8) is 0 Å². The van der Waals surface area contributed by atoms with E-state index in [4.69, 9.17) is 17.0 Å². The van der Waals surface area contributed by atoms with Crippen LogP contribution >= 0.6 is 24.0 Å². The predicted octanol–water partition coefficient (Wildman–Crippen LogP) is 3.57. The van der Waals surface area contributed by atoms with E-state index in [0.29, 0.717) is 41.0 Å². The number of rotatable bonds is 7. The molecule has 9 heteroatoms. The molecule has 0 aliphatic carbocycles. The Morgan fingerprint density at radius 3 is 2.53 bits per heavy atom. The highest BCUT2D eigenvalue weighted by Crippen LogP contribution is 2.36. The minimum Gasteiger partial charge on any atom is -0.382 e. The van der Waals surface area contributed by atoms with Gasteiger partial charge < -0.3 is 9.64 Å². The summed E-state index contributed by atoms with van der Waals surface area (Å²) in [6, 6.07) is 2.06. The summed E-state index contributed by atoms with van der Waals surface area (Å²) >= 11 is 6.73. The van der Waals surface area contributed by atoms with E-state index >= 15 is 0 Å². The van der Waals surface area contributed by atoms with Crippen molar-refractivity contribution in [1.82, 2.24) is 9.47 Å². The molecule has 0 N–H and O–H groups in total. The third-order valence-corrected chi connectivity index (χ3v) is 7.27. The normalized spacial score (nSPS) is 18.4. The van der Waals surface area contributed by atoms with Gasteiger partial charge in [0, 0.05) is 45.5 Å². The lowest BCUT2D eigenvalue weighted by atomic mass is 10.0. The van der Waals surface area contributed by atoms with Crippen LogP contribution in [0.25, 0.3) is 6.08 Å². The molecule has 7 nitrogen and oxygen atoms in total. The monoisotopic (exact) mass is 474 g/mol. The smallest absolute Gasteiger partial charge is 0.270 e. The molecule has 0 saturated carbocycles. The number of carbonyl (C=O) groups is 1. The summed E-state index contributed by atoms with van der Waals surface area (Å²) in [5, 5.41) is 9.62. The van der Waals surface area contributed by atoms with Gasteiger partial charge in [0.15, 0.2) is 0 Å². The highest BCUT2D eigenvalue weighted by Gasteiger charge is 2.32. The van der Waals surface area contributed by atoms with Gasteiger partial charge in [-0.25, -0.2) is 0 Å². The van der Waals surface area contributed by atoms with Crippen molar-refractivity contribution >= 4 is 46.1 Å². The molecule has 0 atom stereocenters. The van der Waals surface area contributed by atoms with Crippen LogP contribution in [-0.2, 0) is 16.6 Å². The molecule has 1 aromatic rings. The van der Waals surface area contributed by atoms with E-state index in [2.05, 4.69) is 11.0 Å². The maximum atomic E-state index is 13.1. The fourth-order valence-corrected chi connectivity index (χ4v) is 5.46. The standard InChI is InChI=1S/C23H30N4O3S2/c1-4-30-13-9-12-27-22(29)19(32-23(27)31)14-17-16(2)18(15-24)21(28)25(3)20(17)26-10-7-5-6-8-11-26/h14H,4-13H2,1-3H3/b19-14-. The summed E-state index contributed by atoms with van der Waals surface area (Å²) in [6.45, 7) is 7.15. The number of nitrogens with zero attached hydrogens (tertiary/aromatic N) is 4. The first-order chi connectivity index (χ1) is 15.4. The number of thioether (sulfide) groups is 1. The number of ether oxygens (including phenoxy) is 1. The van der Waals surface area contributed by atoms with Crippen molar-refractivity contribution in [2.75, 3.05) is 37.7 Å². The zero-order chi connectivity index (χ0) is 23.3. The average molecular weight is 475 g/mol. The number of aromatic nitrogens is 1. The number of hydrogen-bond donors (Lipinski definition) is 0. The van der Waals surface area contributed by atoms with Crippen LogP contribution in [0.1, 0.15) is 55.7 Å². The van der Waals surface area contributed by atoms with E-state index in [9.17, 15) is 14.9 Å². The van der Waals surface area contributed by atoms with Gasteiger partial charge in [0.05, 0.1) is 4.91 Å². The molecule has 0 aromatic carbocycles. The van der Waals surface area contributed by atoms with Gasteiger partial charge in [0.2, 0.25) is 0 Å². The largest absolute Gasteiger partial charge is 0.382 e. The zero-order valence-corrected chi connectivity index (χ0v) is 20.6. The van der Waals surface area contributed by atoms with Crippen molar-refractivity contribution in [1.29, 1.82) is 5.26 Å². The van der Waals surface area contributed by atoms with Crippen molar-refractivity contribution in [3.8, 4) is 6.07 Å². The van der Waals surface area contributed by atoms with Crippen molar-refractivity contribution in [3.05, 3.63) is 31.9 Å². The van der Waals surface area contributed by atoms with Crippen LogP contribution in [0.15, 0.2) is 9.70 Å². The molecular weight excluding hydrogens is 444 g/mol. The Morgan fingerprint density at radius 1 is 1.22 bits per heavy atom. The molecule has 1 amide bonds. The minimum atomic E-state index is -0.301. The Hall–Kier alpha value is -2.15. The molecule has 172 valence electrons. The molecule has 1 aromatic heterocycles. The molecule has 0 radical (unpaired) electrons. The lowest BCUT2D eigenvalue weighted by Gasteiger charge is -2.28. The molecule has 3 heterocycles. The van der Waals surface area contributed by atoms with Gasteiger partial charge in [-0.05, 0) is 44.7 Å². The first-order valence-electron chi connectivity index (χ1n) is 11.1. The molecule has 2 saturated heterocycles. The van der Waals surface area contributed by atoms with Crippen molar-refractivity contribution in [2.45, 2.75) is 46.0 Å². The zero-order valence-electron chi connectivity index (χ0n) is 19.0. The Kier molecular flexibility index (Phi) is 8.51. The molecule has 32 heavy (non-hydrogen) atoms. The van der Waals surface area contributed by atoms with Gasteiger partial charge in [-0.15, -0.1) is 0 Å². The molecule has 3 rings (SSSR count). The summed E-state index contributed by atoms with van der Waals surface area (Å²) in [6.07, 6.45) is 6.95. The Bertz CT molecular complexity index is 1020. The molecule has 2 aliphatic rings. The van der Waals surface area contributed by atoms with E-state index in [1.165, 1.54) is 11.8 Å². The van der Waals surface area contributed by atoms with E-state index in [0.717, 1.165) is 50.2 Å². The SMILES string of the molecule is CCOCCCN1C(=O)/C(=C/c2c(C)c(C#N)c(=O)n(C)c2N2CCCCCC2)SC1=S. The van der Waals surface area contributed by atoms with E-state index in [1.807, 2.05) is 13.0 Å². The number of amides is 1. The van der Waals surface area contributed by atoms with E-state index < -0.39 is 0 Å². The van der Waals surface area contributed by atoms with Crippen LogP contribution in [-0.4, -0.2) is 52.5 Å². The molecule has 0 bridgehead atoms. The number of carbonyl (C=O) groups excluding carboxylic acids is 1. The van der Waals surface area contributed by atoms with Crippen LogP contribution in [0.3, 0.4) is 0 Å². The maximum absolute atomic E-state index is 13.1. The number of thiocarbonyl (C=S) groups is 1. The lowest BCUT2D eigenvalue weighted by Crippen LogP contribution is -2.34. The lowest BCUT2D eigenvalue weighted by molar-refractivity contribution is -0.122. The third-order valence-electron chi connectivity index (χ3n) is 5.90. The van der Waals surface area contributed by atoms with Crippen LogP contribution in [0, 0.1) is 18.3 Å². The number of hydrogen-bond acceptors (Lipinski definition) is 7. The van der Waals surface area contributed by atoms with Gasteiger partial charge in [-0.2, -0.15) is 5.26 Å². The van der Waals surface area contributed by atoms with Gasteiger partial charge in [0.25, 0.3) is 11.5 Å². The summed E-state index contributed by atoms with van der Waals surface area (Å²) < 4.78 is 7.46. The molecule has 2 aliphatic heterocycles. The van der Waals surface area contributed by atoms with Crippen LogP contribution in [0.5, 0.6) is 0 Å². The van der Waals surface area contributed by atoms with Gasteiger partial charge in [-0.1, -0.05) is 36.8 Å². The Balaban J connectivity index is 2.03. The quantitative estimate of drug-likeness (QED) is 0.340. The summed E-state index contributed by atoms with van der Waals surface area (Å²) in [7, 11) is 1.71. The maximum Gasteiger partial charge on any atom is 0.270 e. The summed E-state index contributed by atoms with van der Waals surface area (Å²) in [5.74, 6) is 0.639. The van der Waals surface area contributed by atoms with Crippen molar-refractivity contribution in [2.24, 2.45) is 7.05 Å². The predicted molar refractivity (Wildman–Crippen MR) is 133 cm³/mol. The number of nitriles is 1. The Morgan fingerprint density at radius 2 is 1.91 bits per heavy atom. The van der Waals surface area contributed by atoms with Crippen LogP contribution < -0.4 is 10.5 Å². The molecular formula is C23H30N4O3S2. The number of pyridine rings is 1. The van der Waals surface area contributed by atoms with Crippen molar-refractivity contribution < 1.29 is 9.53 Å². The van der Waals surface area contributed by atoms with E-state index in [1.54, 1.807) is 23.4 Å². The minimum absolute atomic E-state index is 0.115. The third kappa shape index (κ3) is 5.08. The highest BCUT2D eigenvalue weighted by molar-refractivity contribution is 8.26.